The minimum atomic E-state index is -4.21. The van der Waals surface area contributed by atoms with E-state index < -0.39 is 18.0 Å². The Morgan fingerprint density at radius 2 is 1.96 bits per heavy atom. The summed E-state index contributed by atoms with van der Waals surface area (Å²) in [4.78, 5) is 14.5. The van der Waals surface area contributed by atoms with E-state index in [0.717, 1.165) is 24.1 Å². The van der Waals surface area contributed by atoms with Crippen LogP contribution >= 0.6 is 12.4 Å². The summed E-state index contributed by atoms with van der Waals surface area (Å²) >= 11 is 0. The first kappa shape index (κ1) is 18.9. The molecule has 0 saturated heterocycles. The molecule has 1 fully saturated rings. The zero-order valence-corrected chi connectivity index (χ0v) is 14.1. The lowest BCUT2D eigenvalue weighted by Crippen LogP contribution is -2.42. The van der Waals surface area contributed by atoms with Gasteiger partial charge in [0.2, 0.25) is 5.91 Å². The van der Waals surface area contributed by atoms with Gasteiger partial charge in [-0.25, -0.2) is 0 Å². The van der Waals surface area contributed by atoms with Crippen LogP contribution in [0, 0.1) is 11.8 Å². The summed E-state index contributed by atoms with van der Waals surface area (Å²) in [6, 6.07) is 5.43. The molecule has 1 amide bonds. The van der Waals surface area contributed by atoms with Gasteiger partial charge in [-0.1, -0.05) is 12.5 Å². The van der Waals surface area contributed by atoms with Crippen molar-refractivity contribution >= 4 is 29.7 Å². The summed E-state index contributed by atoms with van der Waals surface area (Å²) in [5.74, 6) is -2.07. The number of hydrogen-bond donors (Lipinski definition) is 1. The zero-order valence-electron chi connectivity index (χ0n) is 13.3. The minimum absolute atomic E-state index is 0. The summed E-state index contributed by atoms with van der Waals surface area (Å²) in [5.41, 5.74) is 8.34. The van der Waals surface area contributed by atoms with Crippen molar-refractivity contribution in [2.24, 2.45) is 11.8 Å². The maximum Gasteiger partial charge on any atom is 0.391 e. The van der Waals surface area contributed by atoms with Crippen molar-refractivity contribution in [3.05, 3.63) is 23.8 Å². The molecule has 2 aliphatic rings. The molecule has 1 aliphatic heterocycles. The van der Waals surface area contributed by atoms with Crippen molar-refractivity contribution in [1.82, 2.24) is 0 Å². The van der Waals surface area contributed by atoms with Gasteiger partial charge in [-0.3, -0.25) is 4.79 Å². The topological polar surface area (TPSA) is 46.3 Å². The summed E-state index contributed by atoms with van der Waals surface area (Å²) in [6.07, 6.45) is -1.56. The van der Waals surface area contributed by atoms with E-state index >= 15 is 0 Å². The van der Waals surface area contributed by atoms with Crippen LogP contribution in [-0.4, -0.2) is 18.6 Å². The molecule has 1 heterocycles. The second-order valence-electron chi connectivity index (χ2n) is 6.54. The van der Waals surface area contributed by atoms with E-state index in [-0.39, 0.29) is 31.2 Å². The highest BCUT2D eigenvalue weighted by molar-refractivity contribution is 5.97. The van der Waals surface area contributed by atoms with Crippen molar-refractivity contribution in [3.8, 4) is 0 Å². The number of carbonyl (C=O) groups excluding carboxylic acids is 1. The third-order valence-electron chi connectivity index (χ3n) is 5.04. The van der Waals surface area contributed by atoms with Gasteiger partial charge in [0.1, 0.15) is 0 Å². The maximum atomic E-state index is 13.0. The molecule has 2 unspecified atom stereocenters. The third kappa shape index (κ3) is 3.63. The molecule has 134 valence electrons. The largest absolute Gasteiger partial charge is 0.398 e. The Bertz CT molecular complexity index is 606. The van der Waals surface area contributed by atoms with E-state index in [1.807, 2.05) is 6.07 Å². The molecule has 2 atom stereocenters. The number of hydrogen-bond acceptors (Lipinski definition) is 2. The molecule has 3 rings (SSSR count). The second kappa shape index (κ2) is 7.21. The van der Waals surface area contributed by atoms with Gasteiger partial charge in [0.05, 0.1) is 5.92 Å². The van der Waals surface area contributed by atoms with E-state index in [0.29, 0.717) is 25.1 Å². The highest BCUT2D eigenvalue weighted by atomic mass is 35.5. The van der Waals surface area contributed by atoms with Crippen LogP contribution < -0.4 is 10.6 Å². The molecular weight excluding hydrogens is 341 g/mol. The summed E-state index contributed by atoms with van der Waals surface area (Å²) in [6.45, 7) is 0.558. The Balaban J connectivity index is 0.00000208. The first-order valence-electron chi connectivity index (χ1n) is 8.13. The van der Waals surface area contributed by atoms with Gasteiger partial charge in [0.25, 0.3) is 0 Å². The van der Waals surface area contributed by atoms with Crippen molar-refractivity contribution in [3.63, 3.8) is 0 Å². The van der Waals surface area contributed by atoms with Crippen molar-refractivity contribution in [1.29, 1.82) is 0 Å². The van der Waals surface area contributed by atoms with Gasteiger partial charge < -0.3 is 10.6 Å². The number of carbonyl (C=O) groups is 1. The highest BCUT2D eigenvalue weighted by Gasteiger charge is 2.44. The summed E-state index contributed by atoms with van der Waals surface area (Å²) in [5, 5.41) is 0. The molecule has 1 saturated carbocycles. The van der Waals surface area contributed by atoms with Crippen molar-refractivity contribution in [2.45, 2.75) is 44.7 Å². The molecule has 3 nitrogen and oxygen atoms in total. The van der Waals surface area contributed by atoms with E-state index in [1.165, 1.54) is 0 Å². The van der Waals surface area contributed by atoms with Crippen LogP contribution in [0.25, 0.3) is 0 Å². The Labute approximate surface area is 145 Å². The summed E-state index contributed by atoms with van der Waals surface area (Å²) < 4.78 is 38.9. The SMILES string of the molecule is Cl.Nc1cccc2c1CCCN2C(=O)C1CCCC(C(F)(F)F)C1. The number of fused-ring (bicyclic) bond motifs is 1. The normalized spacial score (nSPS) is 24.0. The van der Waals surface area contributed by atoms with E-state index in [2.05, 4.69) is 0 Å². The number of halogens is 4. The van der Waals surface area contributed by atoms with Crippen LogP contribution in [0.15, 0.2) is 18.2 Å². The number of amides is 1. The van der Waals surface area contributed by atoms with E-state index in [4.69, 9.17) is 5.73 Å². The first-order chi connectivity index (χ1) is 10.9. The number of anilines is 2. The van der Waals surface area contributed by atoms with Gasteiger partial charge in [0, 0.05) is 23.8 Å². The van der Waals surface area contributed by atoms with Crippen LogP contribution in [0.1, 0.15) is 37.7 Å². The van der Waals surface area contributed by atoms with Crippen LogP contribution in [-0.2, 0) is 11.2 Å². The second-order valence-corrected chi connectivity index (χ2v) is 6.54. The number of nitrogen functional groups attached to an aromatic ring is 1. The fourth-order valence-electron chi connectivity index (χ4n) is 3.81. The van der Waals surface area contributed by atoms with Crippen LogP contribution in [0.3, 0.4) is 0 Å². The van der Waals surface area contributed by atoms with Crippen molar-refractivity contribution < 1.29 is 18.0 Å². The molecule has 24 heavy (non-hydrogen) atoms. The van der Waals surface area contributed by atoms with Gasteiger partial charge in [-0.15, -0.1) is 12.4 Å². The molecule has 0 bridgehead atoms. The molecule has 1 aromatic carbocycles. The molecule has 1 aromatic rings. The fourth-order valence-corrected chi connectivity index (χ4v) is 3.81. The number of nitrogens with two attached hydrogens (primary N) is 1. The number of benzene rings is 1. The van der Waals surface area contributed by atoms with Crippen LogP contribution in [0.5, 0.6) is 0 Å². The number of nitrogens with zero attached hydrogens (tertiary/aromatic N) is 1. The fraction of sp³-hybridized carbons (Fsp3) is 0.588. The zero-order chi connectivity index (χ0) is 16.6. The average molecular weight is 363 g/mol. The smallest absolute Gasteiger partial charge is 0.391 e. The third-order valence-corrected chi connectivity index (χ3v) is 5.04. The Morgan fingerprint density at radius 1 is 1.21 bits per heavy atom. The van der Waals surface area contributed by atoms with E-state index in [9.17, 15) is 18.0 Å². The lowest BCUT2D eigenvalue weighted by atomic mass is 9.80. The quantitative estimate of drug-likeness (QED) is 0.755. The van der Waals surface area contributed by atoms with Crippen LogP contribution in [0.2, 0.25) is 0 Å². The first-order valence-corrected chi connectivity index (χ1v) is 8.13. The lowest BCUT2D eigenvalue weighted by molar-refractivity contribution is -0.186. The monoisotopic (exact) mass is 362 g/mol. The van der Waals surface area contributed by atoms with Gasteiger partial charge in [-0.05, 0) is 49.8 Å². The maximum absolute atomic E-state index is 13.0. The number of alkyl halides is 3. The summed E-state index contributed by atoms with van der Waals surface area (Å²) in [7, 11) is 0. The molecule has 1 aliphatic carbocycles. The molecule has 0 radical (unpaired) electrons. The standard InChI is InChI=1S/C17H21F3N2O.ClH/c18-17(19,20)12-5-1-4-11(10-12)16(23)22-9-3-6-13-14(21)7-2-8-15(13)22;/h2,7-8,11-12H,1,3-6,9-10,21H2;1H. The predicted octanol–water partition coefficient (Wildman–Crippen LogP) is 4.34. The lowest BCUT2D eigenvalue weighted by Gasteiger charge is -2.36. The minimum Gasteiger partial charge on any atom is -0.398 e. The molecule has 0 spiro atoms. The molecular formula is C17H22ClF3N2O. The van der Waals surface area contributed by atoms with Crippen LogP contribution in [0.4, 0.5) is 24.5 Å². The number of rotatable bonds is 1. The highest BCUT2D eigenvalue weighted by Crippen LogP contribution is 2.41. The van der Waals surface area contributed by atoms with E-state index in [1.54, 1.807) is 17.0 Å². The van der Waals surface area contributed by atoms with Gasteiger partial charge in [0.15, 0.2) is 0 Å². The Hall–Kier alpha value is -1.43. The van der Waals surface area contributed by atoms with Gasteiger partial charge in [-0.2, -0.15) is 13.2 Å². The molecule has 0 aromatic heterocycles. The average Bonchev–Trinajstić information content (AvgIpc) is 2.53. The predicted molar refractivity (Wildman–Crippen MR) is 90.3 cm³/mol. The molecule has 7 heteroatoms. The molecule has 2 N–H and O–H groups in total. The Morgan fingerprint density at radius 3 is 2.67 bits per heavy atom. The Kier molecular flexibility index (Phi) is 5.68. The van der Waals surface area contributed by atoms with Crippen molar-refractivity contribution in [2.75, 3.05) is 17.2 Å². The van der Waals surface area contributed by atoms with Gasteiger partial charge >= 0.3 is 6.18 Å².